The molecule has 0 saturated carbocycles. The molecule has 0 amide bonds. The summed E-state index contributed by atoms with van der Waals surface area (Å²) >= 11 is 0. The normalized spacial score (nSPS) is 13.4. The summed E-state index contributed by atoms with van der Waals surface area (Å²) in [6, 6.07) is 8.48. The lowest BCUT2D eigenvalue weighted by Crippen LogP contribution is -1.90. The topological polar surface area (TPSA) is 13.1 Å². The van der Waals surface area contributed by atoms with Crippen LogP contribution in [-0.2, 0) is 0 Å². The van der Waals surface area contributed by atoms with Crippen LogP contribution in [0.25, 0.3) is 11.0 Å². The molecule has 2 aromatic rings. The van der Waals surface area contributed by atoms with Gasteiger partial charge in [-0.05, 0) is 30.9 Å². The van der Waals surface area contributed by atoms with E-state index in [-0.39, 0.29) is 0 Å². The van der Waals surface area contributed by atoms with Gasteiger partial charge in [0.05, 0.1) is 0 Å². The summed E-state index contributed by atoms with van der Waals surface area (Å²) in [5, 5.41) is 1.22. The molecule has 1 aromatic carbocycles. The molecule has 0 aliphatic carbocycles. The molecule has 1 aromatic heterocycles. The molecule has 0 fully saturated rings. The van der Waals surface area contributed by atoms with Crippen molar-refractivity contribution in [3.05, 3.63) is 35.6 Å². The maximum absolute atomic E-state index is 5.72. The Hall–Kier alpha value is -1.24. The number of fused-ring (bicyclic) bond motifs is 1. The van der Waals surface area contributed by atoms with Gasteiger partial charge in [0.25, 0.3) is 0 Å². The minimum absolute atomic E-state index is 0.573. The van der Waals surface area contributed by atoms with Crippen LogP contribution in [0.5, 0.6) is 0 Å². The summed E-state index contributed by atoms with van der Waals surface area (Å²) in [5.74, 6) is 1.57. The van der Waals surface area contributed by atoms with Gasteiger partial charge in [0.1, 0.15) is 11.3 Å². The largest absolute Gasteiger partial charge is 0.461 e. The van der Waals surface area contributed by atoms with Gasteiger partial charge in [0, 0.05) is 5.39 Å². The third-order valence-electron chi connectivity index (χ3n) is 2.84. The van der Waals surface area contributed by atoms with Crippen LogP contribution in [0.4, 0.5) is 0 Å². The van der Waals surface area contributed by atoms with Gasteiger partial charge in [-0.15, -0.1) is 0 Å². The van der Waals surface area contributed by atoms with E-state index in [4.69, 9.17) is 4.42 Å². The fraction of sp³-hybridized carbons (Fsp3) is 0.385. The molecule has 0 aliphatic heterocycles. The van der Waals surface area contributed by atoms with E-state index < -0.39 is 0 Å². The molecule has 0 saturated heterocycles. The molecule has 0 N–H and O–H groups in total. The number of para-hydroxylation sites is 1. The molecule has 0 radical (unpaired) electrons. The van der Waals surface area contributed by atoms with E-state index in [1.54, 1.807) is 0 Å². The minimum atomic E-state index is 0.573. The Kier molecular flexibility index (Phi) is 2.32. The maximum Gasteiger partial charge on any atom is 0.137 e. The standard InChI is InChI=1S/C13H16O/c1-4-9(2)12-7-5-6-11-8-10(3)14-13(11)12/h5-9H,4H2,1-3H3. The predicted octanol–water partition coefficient (Wildman–Crippen LogP) is 4.25. The van der Waals surface area contributed by atoms with Gasteiger partial charge in [0.2, 0.25) is 0 Å². The molecule has 1 heterocycles. The highest BCUT2D eigenvalue weighted by molar-refractivity contribution is 5.81. The second kappa shape index (κ2) is 3.49. The monoisotopic (exact) mass is 188 g/mol. The highest BCUT2D eigenvalue weighted by atomic mass is 16.3. The number of aryl methyl sites for hydroxylation is 1. The van der Waals surface area contributed by atoms with Crippen LogP contribution in [0.3, 0.4) is 0 Å². The zero-order chi connectivity index (χ0) is 10.1. The van der Waals surface area contributed by atoms with E-state index >= 15 is 0 Å². The van der Waals surface area contributed by atoms with Crippen LogP contribution in [0.1, 0.15) is 37.5 Å². The first-order chi connectivity index (χ1) is 6.72. The number of rotatable bonds is 2. The van der Waals surface area contributed by atoms with E-state index in [1.807, 2.05) is 6.92 Å². The van der Waals surface area contributed by atoms with Gasteiger partial charge < -0.3 is 4.42 Å². The predicted molar refractivity (Wildman–Crippen MR) is 59.7 cm³/mol. The molecule has 2 rings (SSSR count). The molecule has 0 spiro atoms. The van der Waals surface area contributed by atoms with Gasteiger partial charge in [0.15, 0.2) is 0 Å². The summed E-state index contributed by atoms with van der Waals surface area (Å²) in [6.45, 7) is 6.45. The number of hydrogen-bond donors (Lipinski definition) is 0. The summed E-state index contributed by atoms with van der Waals surface area (Å²) in [4.78, 5) is 0. The van der Waals surface area contributed by atoms with Crippen molar-refractivity contribution < 1.29 is 4.42 Å². The van der Waals surface area contributed by atoms with Crippen LogP contribution in [0, 0.1) is 6.92 Å². The third kappa shape index (κ3) is 1.43. The SMILES string of the molecule is CCC(C)c1cccc2cc(C)oc12. The molecule has 1 nitrogen and oxygen atoms in total. The van der Waals surface area contributed by atoms with Crippen molar-refractivity contribution in [3.8, 4) is 0 Å². The summed E-state index contributed by atoms with van der Waals surface area (Å²) in [6.07, 6.45) is 1.15. The summed E-state index contributed by atoms with van der Waals surface area (Å²) in [7, 11) is 0. The second-order valence-corrected chi connectivity index (χ2v) is 3.93. The Balaban J connectivity index is 2.64. The van der Waals surface area contributed by atoms with Crippen molar-refractivity contribution in [3.63, 3.8) is 0 Å². The lowest BCUT2D eigenvalue weighted by atomic mass is 9.97. The van der Waals surface area contributed by atoms with Gasteiger partial charge in [-0.1, -0.05) is 32.0 Å². The molecule has 14 heavy (non-hydrogen) atoms. The van der Waals surface area contributed by atoms with E-state index in [9.17, 15) is 0 Å². The Bertz CT molecular complexity index is 439. The summed E-state index contributed by atoms with van der Waals surface area (Å²) < 4.78 is 5.72. The lowest BCUT2D eigenvalue weighted by molar-refractivity contribution is 0.568. The molecule has 74 valence electrons. The average molecular weight is 188 g/mol. The van der Waals surface area contributed by atoms with Crippen molar-refractivity contribution in [1.29, 1.82) is 0 Å². The number of hydrogen-bond acceptors (Lipinski definition) is 1. The van der Waals surface area contributed by atoms with E-state index in [1.165, 1.54) is 10.9 Å². The molecule has 1 unspecified atom stereocenters. The van der Waals surface area contributed by atoms with Crippen LogP contribution in [-0.4, -0.2) is 0 Å². The van der Waals surface area contributed by atoms with Crippen LogP contribution in [0.15, 0.2) is 28.7 Å². The van der Waals surface area contributed by atoms with Gasteiger partial charge in [-0.25, -0.2) is 0 Å². The van der Waals surface area contributed by atoms with Crippen molar-refractivity contribution in [1.82, 2.24) is 0 Å². The molecule has 0 aliphatic rings. The third-order valence-corrected chi connectivity index (χ3v) is 2.84. The maximum atomic E-state index is 5.72. The smallest absolute Gasteiger partial charge is 0.137 e. The zero-order valence-corrected chi connectivity index (χ0v) is 9.00. The first-order valence-electron chi connectivity index (χ1n) is 5.21. The van der Waals surface area contributed by atoms with Crippen molar-refractivity contribution >= 4 is 11.0 Å². The fourth-order valence-corrected chi connectivity index (χ4v) is 1.82. The highest BCUT2D eigenvalue weighted by Crippen LogP contribution is 2.29. The molecular formula is C13H16O. The van der Waals surface area contributed by atoms with E-state index in [0.29, 0.717) is 5.92 Å². The molecule has 1 atom stereocenters. The first kappa shape index (κ1) is 9.32. The number of furan rings is 1. The van der Waals surface area contributed by atoms with Crippen LogP contribution in [0.2, 0.25) is 0 Å². The average Bonchev–Trinajstić information content (AvgIpc) is 2.56. The number of benzene rings is 1. The fourth-order valence-electron chi connectivity index (χ4n) is 1.82. The van der Waals surface area contributed by atoms with Gasteiger partial charge in [-0.3, -0.25) is 0 Å². The van der Waals surface area contributed by atoms with Crippen molar-refractivity contribution in [2.45, 2.75) is 33.1 Å². The highest BCUT2D eigenvalue weighted by Gasteiger charge is 2.10. The van der Waals surface area contributed by atoms with Crippen LogP contribution >= 0.6 is 0 Å². The minimum Gasteiger partial charge on any atom is -0.461 e. The van der Waals surface area contributed by atoms with Crippen molar-refractivity contribution in [2.75, 3.05) is 0 Å². The Morgan fingerprint density at radius 1 is 1.36 bits per heavy atom. The Labute approximate surface area is 84.7 Å². The van der Waals surface area contributed by atoms with E-state index in [0.717, 1.165) is 17.8 Å². The Morgan fingerprint density at radius 3 is 2.86 bits per heavy atom. The second-order valence-electron chi connectivity index (χ2n) is 3.93. The van der Waals surface area contributed by atoms with Gasteiger partial charge in [-0.2, -0.15) is 0 Å². The van der Waals surface area contributed by atoms with E-state index in [2.05, 4.69) is 38.1 Å². The van der Waals surface area contributed by atoms with Gasteiger partial charge >= 0.3 is 0 Å². The van der Waals surface area contributed by atoms with Crippen molar-refractivity contribution in [2.24, 2.45) is 0 Å². The lowest BCUT2D eigenvalue weighted by Gasteiger charge is -2.08. The quantitative estimate of drug-likeness (QED) is 0.686. The Morgan fingerprint density at radius 2 is 2.14 bits per heavy atom. The first-order valence-corrected chi connectivity index (χ1v) is 5.21. The zero-order valence-electron chi connectivity index (χ0n) is 9.00. The summed E-state index contributed by atoms with van der Waals surface area (Å²) in [5.41, 5.74) is 2.40. The van der Waals surface area contributed by atoms with Crippen LogP contribution < -0.4 is 0 Å². The molecule has 0 bridgehead atoms. The molecular weight excluding hydrogens is 172 g/mol. The molecule has 1 heteroatoms.